The van der Waals surface area contributed by atoms with E-state index in [-0.39, 0.29) is 48.2 Å². The molecule has 0 aliphatic carbocycles. The molecular weight excluding hydrogens is 926 g/mol. The number of nitrogens with one attached hydrogen (secondary N) is 3. The summed E-state index contributed by atoms with van der Waals surface area (Å²) in [6.07, 6.45) is 2.89. The van der Waals surface area contributed by atoms with Gasteiger partial charge in [-0.2, -0.15) is 9.97 Å². The molecule has 340 valence electrons. The number of carbonyl (C=O) groups is 2. The van der Waals surface area contributed by atoms with Crippen molar-refractivity contribution in [3.05, 3.63) is 129 Å². The molecule has 2 fully saturated rings. The third-order valence-corrected chi connectivity index (χ3v) is 12.7. The van der Waals surface area contributed by atoms with E-state index in [1.165, 1.54) is 33.6 Å². The zero-order valence-electron chi connectivity index (χ0n) is 35.7. The minimum atomic E-state index is -0.326. The molecule has 6 aromatic rings. The molecule has 2 amide bonds. The van der Waals surface area contributed by atoms with E-state index in [1.54, 1.807) is 36.4 Å². The summed E-state index contributed by atoms with van der Waals surface area (Å²) in [5.74, 6) is 0.469. The SMILES string of the molecule is CCN1CCN(c2ccc(Nc3ncc4c(n3)OCN(c3c(Cl)cccc3Cl)C4=O)cc2)CC1.O=C1c2cnc(Nc3ccc(N4CCNCC4)cc3)nc2OCN1c1c(Cl)cccc1Cl. The van der Waals surface area contributed by atoms with Crippen molar-refractivity contribution in [2.45, 2.75) is 6.92 Å². The summed E-state index contributed by atoms with van der Waals surface area (Å²) in [6, 6.07) is 26.4. The van der Waals surface area contributed by atoms with Crippen LogP contribution in [0, 0.1) is 0 Å². The highest BCUT2D eigenvalue weighted by Crippen LogP contribution is 2.39. The zero-order chi connectivity index (χ0) is 45.7. The number of fused-ring (bicyclic) bond motifs is 2. The molecule has 3 N–H and O–H groups in total. The molecule has 20 heteroatoms. The van der Waals surface area contributed by atoms with E-state index in [0.29, 0.717) is 43.4 Å². The number of hydrogen-bond acceptors (Lipinski definition) is 14. The standard InChI is InChI=1S/C24H24Cl2N6O2.C22H20Cl2N6O2/c1-2-30-10-12-31(13-11-30)17-8-6-16(7-9-17)28-24-27-14-18-22(29-24)34-15-32(23(18)33)21-19(25)4-3-5-20(21)26;23-17-2-1-3-18(24)19(17)30-13-32-20-16(21(30)31)12-26-22(28-20)27-14-4-6-15(7-5-14)29-10-8-25-9-11-29/h3-9,14H,2,10-13,15H2,1H3,(H,27,28,29);1-7,12,25H,8-11,13H2,(H,26,27,28). The molecule has 0 bridgehead atoms. The number of anilines is 8. The maximum absolute atomic E-state index is 13.0. The van der Waals surface area contributed by atoms with Gasteiger partial charge in [-0.3, -0.25) is 19.4 Å². The summed E-state index contributed by atoms with van der Waals surface area (Å²) in [7, 11) is 0. The highest BCUT2D eigenvalue weighted by molar-refractivity contribution is 6.41. The fourth-order valence-corrected chi connectivity index (χ4v) is 9.07. The van der Waals surface area contributed by atoms with Crippen LogP contribution < -0.4 is 45.0 Å². The van der Waals surface area contributed by atoms with Crippen LogP contribution in [0.1, 0.15) is 27.6 Å². The van der Waals surface area contributed by atoms with Gasteiger partial charge >= 0.3 is 0 Å². The van der Waals surface area contributed by atoms with Crippen molar-refractivity contribution in [3.8, 4) is 11.8 Å². The van der Waals surface area contributed by atoms with E-state index >= 15 is 0 Å². The quantitative estimate of drug-likeness (QED) is 0.127. The Labute approximate surface area is 401 Å². The van der Waals surface area contributed by atoms with Gasteiger partial charge in [0, 0.05) is 87.5 Å². The van der Waals surface area contributed by atoms with E-state index in [9.17, 15) is 9.59 Å². The second-order valence-electron chi connectivity index (χ2n) is 15.5. The lowest BCUT2D eigenvalue weighted by molar-refractivity contribution is 0.0924. The average molecular weight is 971 g/mol. The fraction of sp³-hybridized carbons (Fsp3) is 0.261. The zero-order valence-corrected chi connectivity index (χ0v) is 38.7. The summed E-state index contributed by atoms with van der Waals surface area (Å²) < 4.78 is 11.5. The second-order valence-corrected chi connectivity index (χ2v) is 17.1. The van der Waals surface area contributed by atoms with Crippen LogP contribution >= 0.6 is 46.4 Å². The molecule has 2 aromatic heterocycles. The largest absolute Gasteiger partial charge is 0.455 e. The summed E-state index contributed by atoms with van der Waals surface area (Å²) in [5, 5.41) is 11.1. The number of halogens is 4. The van der Waals surface area contributed by atoms with Gasteiger partial charge in [-0.15, -0.1) is 0 Å². The molecule has 0 spiro atoms. The summed E-state index contributed by atoms with van der Waals surface area (Å²) in [5.41, 5.74) is 5.35. The molecule has 4 aliphatic rings. The van der Waals surface area contributed by atoms with Crippen molar-refractivity contribution in [1.29, 1.82) is 0 Å². The fourth-order valence-electron chi connectivity index (χ4n) is 7.87. The highest BCUT2D eigenvalue weighted by atomic mass is 35.5. The molecular formula is C46H44Cl4N12O4. The first-order valence-corrected chi connectivity index (χ1v) is 22.8. The van der Waals surface area contributed by atoms with Crippen LogP contribution in [0.4, 0.5) is 46.0 Å². The number of amides is 2. The molecule has 4 aliphatic heterocycles. The van der Waals surface area contributed by atoms with Crippen LogP contribution in [-0.2, 0) is 0 Å². The molecule has 16 nitrogen and oxygen atoms in total. The van der Waals surface area contributed by atoms with Gasteiger partial charge in [0.1, 0.15) is 11.1 Å². The Morgan fingerprint density at radius 2 is 0.985 bits per heavy atom. The molecule has 2 saturated heterocycles. The third kappa shape index (κ3) is 9.84. The first kappa shape index (κ1) is 45.0. The van der Waals surface area contributed by atoms with Crippen LogP contribution in [0.15, 0.2) is 97.3 Å². The number of hydrogen-bond donors (Lipinski definition) is 3. The van der Waals surface area contributed by atoms with Crippen molar-refractivity contribution in [3.63, 3.8) is 0 Å². The summed E-state index contributed by atoms with van der Waals surface area (Å²) in [6.45, 7) is 11.4. The lowest BCUT2D eigenvalue weighted by Crippen LogP contribution is -2.46. The number of para-hydroxylation sites is 2. The normalized spacial score (nSPS) is 16.1. The number of carbonyl (C=O) groups excluding carboxylic acids is 2. The predicted octanol–water partition coefficient (Wildman–Crippen LogP) is 8.60. The molecule has 10 rings (SSSR count). The van der Waals surface area contributed by atoms with Crippen molar-refractivity contribution in [2.24, 2.45) is 0 Å². The smallest absolute Gasteiger partial charge is 0.268 e. The van der Waals surface area contributed by atoms with Crippen LogP contribution in [-0.4, -0.2) is 109 Å². The minimum Gasteiger partial charge on any atom is -0.455 e. The number of aromatic nitrogens is 4. The topological polar surface area (TPSA) is 156 Å². The Morgan fingerprint density at radius 1 is 0.576 bits per heavy atom. The van der Waals surface area contributed by atoms with Crippen molar-refractivity contribution in [1.82, 2.24) is 30.2 Å². The van der Waals surface area contributed by atoms with E-state index in [4.69, 9.17) is 55.9 Å². The number of rotatable bonds is 9. The summed E-state index contributed by atoms with van der Waals surface area (Å²) >= 11 is 25.0. The molecule has 66 heavy (non-hydrogen) atoms. The summed E-state index contributed by atoms with van der Waals surface area (Å²) in [4.78, 5) is 53.3. The first-order valence-electron chi connectivity index (χ1n) is 21.3. The Kier molecular flexibility index (Phi) is 13.8. The molecule has 0 atom stereocenters. The Hall–Kier alpha value is -6.14. The van der Waals surface area contributed by atoms with E-state index < -0.39 is 0 Å². The molecule has 0 radical (unpaired) electrons. The predicted molar refractivity (Wildman–Crippen MR) is 260 cm³/mol. The number of benzene rings is 4. The Morgan fingerprint density at radius 3 is 1.39 bits per heavy atom. The maximum Gasteiger partial charge on any atom is 0.268 e. The second kappa shape index (κ2) is 20.2. The van der Waals surface area contributed by atoms with Crippen LogP contribution in [0.2, 0.25) is 20.1 Å². The monoisotopic (exact) mass is 968 g/mol. The molecule has 6 heterocycles. The number of piperazine rings is 2. The lowest BCUT2D eigenvalue weighted by atomic mass is 10.2. The van der Waals surface area contributed by atoms with E-state index in [2.05, 4.69) is 81.8 Å². The van der Waals surface area contributed by atoms with Gasteiger partial charge in [-0.1, -0.05) is 65.5 Å². The third-order valence-electron chi connectivity index (χ3n) is 11.4. The minimum absolute atomic E-state index is 0.0499. The lowest BCUT2D eigenvalue weighted by Gasteiger charge is -2.35. The van der Waals surface area contributed by atoms with Crippen LogP contribution in [0.25, 0.3) is 0 Å². The van der Waals surface area contributed by atoms with Crippen LogP contribution in [0.5, 0.6) is 11.8 Å². The molecule has 0 saturated carbocycles. The van der Waals surface area contributed by atoms with Gasteiger partial charge in [0.2, 0.25) is 23.7 Å². The molecule has 0 unspecified atom stereocenters. The number of ether oxygens (including phenoxy) is 2. The van der Waals surface area contributed by atoms with Crippen LogP contribution in [0.3, 0.4) is 0 Å². The van der Waals surface area contributed by atoms with Gasteiger partial charge in [-0.05, 0) is 79.3 Å². The number of likely N-dealkylation sites (N-methyl/N-ethyl adjacent to an activating group) is 1. The Balaban J connectivity index is 0.000000166. The average Bonchev–Trinajstić information content (AvgIpc) is 3.34. The highest BCUT2D eigenvalue weighted by Gasteiger charge is 2.33. The van der Waals surface area contributed by atoms with E-state index in [0.717, 1.165) is 70.3 Å². The maximum atomic E-state index is 13.0. The van der Waals surface area contributed by atoms with Gasteiger partial charge in [-0.25, -0.2) is 9.97 Å². The van der Waals surface area contributed by atoms with E-state index in [1.807, 2.05) is 24.3 Å². The van der Waals surface area contributed by atoms with Gasteiger partial charge in [0.25, 0.3) is 11.8 Å². The van der Waals surface area contributed by atoms with Crippen molar-refractivity contribution < 1.29 is 19.1 Å². The van der Waals surface area contributed by atoms with Gasteiger partial charge in [0.15, 0.2) is 13.5 Å². The Bertz CT molecular complexity index is 2680. The van der Waals surface area contributed by atoms with Gasteiger partial charge < -0.3 is 40.1 Å². The van der Waals surface area contributed by atoms with Crippen molar-refractivity contribution in [2.75, 3.05) is 103 Å². The number of nitrogens with zero attached hydrogens (tertiary/aromatic N) is 9. The van der Waals surface area contributed by atoms with Crippen molar-refractivity contribution >= 4 is 104 Å². The molecule has 4 aromatic carbocycles. The van der Waals surface area contributed by atoms with Gasteiger partial charge in [0.05, 0.1) is 31.5 Å². The first-order chi connectivity index (χ1) is 32.1.